The van der Waals surface area contributed by atoms with Crippen molar-refractivity contribution in [1.29, 1.82) is 0 Å². The number of benzene rings is 1. The molecule has 266 valence electrons. The second-order valence-electron chi connectivity index (χ2n) is 9.12. The highest BCUT2D eigenvalue weighted by Crippen LogP contribution is 2.29. The van der Waals surface area contributed by atoms with Gasteiger partial charge in [-0.15, -0.1) is 0 Å². The average molecular weight is 678 g/mol. The highest BCUT2D eigenvalue weighted by atomic mass is 19.2. The summed E-state index contributed by atoms with van der Waals surface area (Å²) in [6.45, 7) is 8.02. The topological polar surface area (TPSA) is 129 Å². The molecule has 1 rings (SSSR count). The fourth-order valence-electron chi connectivity index (χ4n) is 3.18. The highest BCUT2D eigenvalue weighted by molar-refractivity contribution is 5.75. The Kier molecular flexibility index (Phi) is 24.9. The summed E-state index contributed by atoms with van der Waals surface area (Å²) in [5.41, 5.74) is 0. The van der Waals surface area contributed by atoms with Crippen molar-refractivity contribution >= 4 is 11.9 Å². The molecule has 0 saturated carbocycles. The van der Waals surface area contributed by atoms with Gasteiger partial charge in [0.05, 0.1) is 106 Å². The molecule has 0 aliphatic heterocycles. The van der Waals surface area contributed by atoms with Crippen molar-refractivity contribution in [2.45, 2.75) is 26.2 Å². The zero-order valence-electron chi connectivity index (χ0n) is 26.0. The Balaban J connectivity index is 1.84. The number of rotatable bonds is 30. The maximum atomic E-state index is 13.5. The molecule has 0 radical (unpaired) electrons. The Hall–Kier alpha value is -2.51. The third kappa shape index (κ3) is 19.9. The minimum atomic E-state index is -2.36. The minimum absolute atomic E-state index is 0.0137. The molecule has 0 unspecified atom stereocenters. The first kappa shape index (κ1) is 41.5. The quantitative estimate of drug-likeness (QED) is 0.0322. The van der Waals surface area contributed by atoms with Crippen LogP contribution in [0.1, 0.15) is 26.2 Å². The zero-order valence-corrected chi connectivity index (χ0v) is 26.0. The van der Waals surface area contributed by atoms with E-state index in [2.05, 4.69) is 17.0 Å². The van der Waals surface area contributed by atoms with E-state index in [1.54, 1.807) is 0 Å². The first-order valence-corrected chi connectivity index (χ1v) is 14.9. The van der Waals surface area contributed by atoms with Gasteiger partial charge in [0.15, 0.2) is 0 Å². The second-order valence-corrected chi connectivity index (χ2v) is 9.12. The molecule has 1 aromatic carbocycles. The maximum Gasteiger partial charge on any atom is 0.313 e. The molecule has 0 aliphatic rings. The van der Waals surface area contributed by atoms with Crippen LogP contribution >= 0.6 is 0 Å². The van der Waals surface area contributed by atoms with E-state index in [1.807, 2.05) is 0 Å². The van der Waals surface area contributed by atoms with Gasteiger partial charge < -0.3 is 47.9 Å². The summed E-state index contributed by atoms with van der Waals surface area (Å²) in [6.07, 6.45) is 0.559. The third-order valence-corrected chi connectivity index (χ3v) is 5.46. The fraction of sp³-hybridized carbons (Fsp3) is 0.724. The van der Waals surface area contributed by atoms with Crippen molar-refractivity contribution < 1.29 is 74.2 Å². The van der Waals surface area contributed by atoms with Crippen LogP contribution in [-0.2, 0) is 47.5 Å². The van der Waals surface area contributed by atoms with Crippen molar-refractivity contribution in [1.82, 2.24) is 5.32 Å². The van der Waals surface area contributed by atoms with Gasteiger partial charge in [-0.3, -0.25) is 9.59 Å². The van der Waals surface area contributed by atoms with Gasteiger partial charge in [-0.25, -0.2) is 13.2 Å². The van der Waals surface area contributed by atoms with Gasteiger partial charge >= 0.3 is 5.97 Å². The van der Waals surface area contributed by atoms with Crippen molar-refractivity contribution in [2.24, 2.45) is 0 Å². The van der Waals surface area contributed by atoms with Gasteiger partial charge in [-0.05, 0) is 6.42 Å². The number of esters is 1. The standard InChI is InChI=1S/C29H44F5NO11/c1-2-6-38-10-14-42-16-18-44-20-21-45-19-17-43-15-13-41-9-5-35-22(36)3-7-39-11-12-40-8-4-23(37)46-29-27(33)25(31)24(30)26(32)28(29)34/h2-21H2,1H3,(H,35,36). The Morgan fingerprint density at radius 1 is 0.478 bits per heavy atom. The van der Waals surface area contributed by atoms with E-state index in [0.717, 1.165) is 13.0 Å². The van der Waals surface area contributed by atoms with Crippen molar-refractivity contribution in [3.63, 3.8) is 0 Å². The molecule has 0 fully saturated rings. The largest absolute Gasteiger partial charge is 0.420 e. The Morgan fingerprint density at radius 3 is 1.26 bits per heavy atom. The molecule has 0 heterocycles. The lowest BCUT2D eigenvalue weighted by molar-refractivity contribution is -0.136. The first-order chi connectivity index (χ1) is 22.3. The van der Waals surface area contributed by atoms with Crippen LogP contribution in [0.25, 0.3) is 0 Å². The molecule has 12 nitrogen and oxygen atoms in total. The van der Waals surface area contributed by atoms with Crippen LogP contribution in [-0.4, -0.2) is 124 Å². The van der Waals surface area contributed by atoms with Crippen molar-refractivity contribution in [3.05, 3.63) is 29.1 Å². The fourth-order valence-corrected chi connectivity index (χ4v) is 3.18. The molecular weight excluding hydrogens is 633 g/mol. The van der Waals surface area contributed by atoms with Crippen LogP contribution in [0.2, 0.25) is 0 Å². The molecule has 17 heteroatoms. The number of ether oxygens (including phenoxy) is 9. The predicted molar refractivity (Wildman–Crippen MR) is 151 cm³/mol. The highest BCUT2D eigenvalue weighted by Gasteiger charge is 2.28. The number of hydrogen-bond acceptors (Lipinski definition) is 11. The monoisotopic (exact) mass is 677 g/mol. The number of carbonyl (C=O) groups excluding carboxylic acids is 2. The number of amides is 1. The molecule has 0 atom stereocenters. The number of halogens is 5. The molecule has 46 heavy (non-hydrogen) atoms. The molecule has 1 N–H and O–H groups in total. The summed E-state index contributed by atoms with van der Waals surface area (Å²) in [7, 11) is 0. The molecule has 0 spiro atoms. The van der Waals surface area contributed by atoms with E-state index in [1.165, 1.54) is 0 Å². The van der Waals surface area contributed by atoms with Gasteiger partial charge in [0.1, 0.15) is 0 Å². The molecule has 0 bridgehead atoms. The van der Waals surface area contributed by atoms with Gasteiger partial charge in [-0.2, -0.15) is 8.78 Å². The molecular formula is C29H44F5NO11. The van der Waals surface area contributed by atoms with E-state index in [0.29, 0.717) is 79.2 Å². The lowest BCUT2D eigenvalue weighted by Gasteiger charge is -2.09. The maximum absolute atomic E-state index is 13.5. The second kappa shape index (κ2) is 27.6. The van der Waals surface area contributed by atoms with E-state index >= 15 is 0 Å². The Morgan fingerprint density at radius 2 is 0.826 bits per heavy atom. The summed E-state index contributed by atoms with van der Waals surface area (Å²) in [5, 5.41) is 2.67. The van der Waals surface area contributed by atoms with Gasteiger partial charge in [0.25, 0.3) is 0 Å². The van der Waals surface area contributed by atoms with E-state index in [4.69, 9.17) is 37.9 Å². The van der Waals surface area contributed by atoms with Crippen LogP contribution < -0.4 is 10.1 Å². The summed E-state index contributed by atoms with van der Waals surface area (Å²) in [4.78, 5) is 23.4. The van der Waals surface area contributed by atoms with Gasteiger partial charge in [-0.1, -0.05) is 6.92 Å². The molecule has 1 amide bonds. The lowest BCUT2D eigenvalue weighted by atomic mass is 10.2. The molecule has 0 aliphatic carbocycles. The smallest absolute Gasteiger partial charge is 0.313 e. The van der Waals surface area contributed by atoms with Gasteiger partial charge in [0, 0.05) is 19.6 Å². The Labute approximate surface area is 265 Å². The van der Waals surface area contributed by atoms with Crippen molar-refractivity contribution in [2.75, 3.05) is 112 Å². The van der Waals surface area contributed by atoms with E-state index < -0.39 is 47.2 Å². The molecule has 1 aromatic rings. The van der Waals surface area contributed by atoms with Crippen LogP contribution in [0.3, 0.4) is 0 Å². The van der Waals surface area contributed by atoms with Crippen LogP contribution in [0.15, 0.2) is 0 Å². The number of hydrogen-bond donors (Lipinski definition) is 1. The first-order valence-electron chi connectivity index (χ1n) is 14.9. The zero-order chi connectivity index (χ0) is 33.8. The number of nitrogens with one attached hydrogen (secondary N) is 1. The molecule has 0 aromatic heterocycles. The third-order valence-electron chi connectivity index (χ3n) is 5.46. The van der Waals surface area contributed by atoms with Gasteiger partial charge in [0.2, 0.25) is 40.7 Å². The Bertz CT molecular complexity index is 949. The normalized spacial score (nSPS) is 11.3. The van der Waals surface area contributed by atoms with E-state index in [-0.39, 0.29) is 38.8 Å². The van der Waals surface area contributed by atoms with Crippen LogP contribution in [0.4, 0.5) is 22.0 Å². The SMILES string of the molecule is CCCOCCOCCOCCOCCOCCOCCNC(=O)CCOCCOCCC(=O)Oc1c(F)c(F)c(F)c(F)c1F. The van der Waals surface area contributed by atoms with Crippen LogP contribution in [0.5, 0.6) is 5.75 Å². The lowest BCUT2D eigenvalue weighted by Crippen LogP contribution is -2.28. The van der Waals surface area contributed by atoms with Crippen LogP contribution in [0, 0.1) is 29.1 Å². The van der Waals surface area contributed by atoms with Crippen molar-refractivity contribution in [3.8, 4) is 5.75 Å². The predicted octanol–water partition coefficient (Wildman–Crippen LogP) is 2.73. The summed E-state index contributed by atoms with van der Waals surface area (Å²) in [5.74, 6) is -14.5. The summed E-state index contributed by atoms with van der Waals surface area (Å²) < 4.78 is 113. The number of carbonyl (C=O) groups is 2. The summed E-state index contributed by atoms with van der Waals surface area (Å²) >= 11 is 0. The summed E-state index contributed by atoms with van der Waals surface area (Å²) in [6, 6.07) is 0. The minimum Gasteiger partial charge on any atom is -0.420 e. The van der Waals surface area contributed by atoms with E-state index in [9.17, 15) is 31.5 Å². The molecule has 0 saturated heterocycles. The average Bonchev–Trinajstić information content (AvgIpc) is 3.05.